The van der Waals surface area contributed by atoms with Crippen LogP contribution in [0.5, 0.6) is 5.75 Å². The van der Waals surface area contributed by atoms with E-state index in [1.165, 1.54) is 6.20 Å². The molecule has 0 saturated heterocycles. The molecule has 0 fully saturated rings. The highest BCUT2D eigenvalue weighted by Gasteiger charge is 2.19. The van der Waals surface area contributed by atoms with E-state index in [0.717, 1.165) is 0 Å². The molecule has 0 aliphatic heterocycles. The third-order valence-electron chi connectivity index (χ3n) is 2.14. The average molecular weight is 222 g/mol. The number of ether oxygens (including phenoxy) is 1. The number of carbonyl (C=O) groups is 1. The molecule has 16 heavy (non-hydrogen) atoms. The molecule has 6 heteroatoms. The van der Waals surface area contributed by atoms with E-state index >= 15 is 0 Å². The average Bonchev–Trinajstić information content (AvgIpc) is 2.62. The molecule has 0 unspecified atom stereocenters. The van der Waals surface area contributed by atoms with Gasteiger partial charge in [-0.1, -0.05) is 5.16 Å². The van der Waals surface area contributed by atoms with Gasteiger partial charge in [0, 0.05) is 6.20 Å². The van der Waals surface area contributed by atoms with Gasteiger partial charge in [0.25, 0.3) is 5.71 Å². The van der Waals surface area contributed by atoms with E-state index in [-0.39, 0.29) is 23.6 Å². The highest BCUT2D eigenvalue weighted by molar-refractivity contribution is 5.98. The van der Waals surface area contributed by atoms with E-state index in [9.17, 15) is 9.90 Å². The standard InChI is InChI=1S/C10H10N2O4/c1-3-15-10(14)6-4-11-9-7(8(6)13)5(2)12-16-9/h4H,3H2,1-2H3,(H,11,13). The van der Waals surface area contributed by atoms with Crippen molar-refractivity contribution in [2.75, 3.05) is 6.61 Å². The SMILES string of the molecule is CCOC(=O)c1cnc2onc(C)c2c1O. The lowest BCUT2D eigenvalue weighted by Crippen LogP contribution is -2.05. The lowest BCUT2D eigenvalue weighted by molar-refractivity contribution is 0.0523. The van der Waals surface area contributed by atoms with Crippen molar-refractivity contribution in [3.05, 3.63) is 17.5 Å². The van der Waals surface area contributed by atoms with Crippen molar-refractivity contribution >= 4 is 17.1 Å². The highest BCUT2D eigenvalue weighted by Crippen LogP contribution is 2.29. The Morgan fingerprint density at radius 2 is 2.38 bits per heavy atom. The topological polar surface area (TPSA) is 85.5 Å². The van der Waals surface area contributed by atoms with Gasteiger partial charge in [-0.2, -0.15) is 0 Å². The zero-order valence-corrected chi connectivity index (χ0v) is 8.85. The second kappa shape index (κ2) is 3.80. The number of hydrogen-bond donors (Lipinski definition) is 1. The number of esters is 1. The predicted octanol–water partition coefficient (Wildman–Crippen LogP) is 1.41. The Labute approximate surface area is 90.8 Å². The summed E-state index contributed by atoms with van der Waals surface area (Å²) in [6.45, 7) is 3.58. The Kier molecular flexibility index (Phi) is 2.47. The van der Waals surface area contributed by atoms with Crippen molar-refractivity contribution in [3.63, 3.8) is 0 Å². The third-order valence-corrected chi connectivity index (χ3v) is 2.14. The molecule has 0 saturated carbocycles. The zero-order chi connectivity index (χ0) is 11.7. The van der Waals surface area contributed by atoms with E-state index in [1.54, 1.807) is 13.8 Å². The third kappa shape index (κ3) is 1.48. The van der Waals surface area contributed by atoms with Gasteiger partial charge in [0.15, 0.2) is 0 Å². The Morgan fingerprint density at radius 1 is 1.62 bits per heavy atom. The first-order valence-corrected chi connectivity index (χ1v) is 4.76. The van der Waals surface area contributed by atoms with Crippen LogP contribution in [0.1, 0.15) is 23.0 Å². The summed E-state index contributed by atoms with van der Waals surface area (Å²) in [5.41, 5.74) is 0.690. The molecule has 2 aromatic heterocycles. The summed E-state index contributed by atoms with van der Waals surface area (Å²) in [7, 11) is 0. The van der Waals surface area contributed by atoms with Gasteiger partial charge in [-0.15, -0.1) is 0 Å². The fraction of sp³-hybridized carbons (Fsp3) is 0.300. The molecular weight excluding hydrogens is 212 g/mol. The Morgan fingerprint density at radius 3 is 3.06 bits per heavy atom. The monoisotopic (exact) mass is 222 g/mol. The van der Waals surface area contributed by atoms with Crippen LogP contribution >= 0.6 is 0 Å². The van der Waals surface area contributed by atoms with Crippen LogP contribution in [-0.2, 0) is 4.74 Å². The molecule has 0 amide bonds. The molecular formula is C10H10N2O4. The van der Waals surface area contributed by atoms with Crippen LogP contribution in [0.25, 0.3) is 11.1 Å². The molecule has 0 spiro atoms. The number of aromatic nitrogens is 2. The Balaban J connectivity index is 2.59. The molecule has 0 aliphatic rings. The van der Waals surface area contributed by atoms with Crippen molar-refractivity contribution in [2.45, 2.75) is 13.8 Å². The molecule has 0 radical (unpaired) electrons. The highest BCUT2D eigenvalue weighted by atomic mass is 16.5. The van der Waals surface area contributed by atoms with Crippen molar-refractivity contribution in [3.8, 4) is 5.75 Å². The molecule has 2 rings (SSSR count). The molecule has 6 nitrogen and oxygen atoms in total. The summed E-state index contributed by atoms with van der Waals surface area (Å²) in [5, 5.41) is 13.9. The van der Waals surface area contributed by atoms with Gasteiger partial charge in [0.1, 0.15) is 16.7 Å². The number of hydrogen-bond acceptors (Lipinski definition) is 6. The summed E-state index contributed by atoms with van der Waals surface area (Å²) in [4.78, 5) is 15.3. The summed E-state index contributed by atoms with van der Waals surface area (Å²) >= 11 is 0. The minimum atomic E-state index is -0.616. The lowest BCUT2D eigenvalue weighted by Gasteiger charge is -2.03. The first-order chi connectivity index (χ1) is 7.65. The van der Waals surface area contributed by atoms with Gasteiger partial charge in [-0.25, -0.2) is 9.78 Å². The van der Waals surface area contributed by atoms with Crippen LogP contribution in [0.3, 0.4) is 0 Å². The number of aromatic hydroxyl groups is 1. The Bertz CT molecular complexity index is 547. The molecule has 0 atom stereocenters. The maximum absolute atomic E-state index is 11.5. The summed E-state index contributed by atoms with van der Waals surface area (Å²) in [5.74, 6) is -0.822. The molecule has 0 aliphatic carbocycles. The second-order valence-corrected chi connectivity index (χ2v) is 3.19. The first kappa shape index (κ1) is 10.4. The lowest BCUT2D eigenvalue weighted by atomic mass is 10.2. The quantitative estimate of drug-likeness (QED) is 0.773. The van der Waals surface area contributed by atoms with Crippen LogP contribution in [0.15, 0.2) is 10.7 Å². The van der Waals surface area contributed by atoms with Gasteiger partial charge < -0.3 is 14.4 Å². The smallest absolute Gasteiger partial charge is 0.343 e. The van der Waals surface area contributed by atoms with Crippen LogP contribution in [0.4, 0.5) is 0 Å². The molecule has 84 valence electrons. The normalized spacial score (nSPS) is 10.6. The number of carbonyl (C=O) groups excluding carboxylic acids is 1. The van der Waals surface area contributed by atoms with Crippen LogP contribution in [0, 0.1) is 6.92 Å². The number of fused-ring (bicyclic) bond motifs is 1. The van der Waals surface area contributed by atoms with E-state index in [0.29, 0.717) is 11.1 Å². The maximum Gasteiger partial charge on any atom is 0.343 e. The van der Waals surface area contributed by atoms with Crippen molar-refractivity contribution < 1.29 is 19.2 Å². The molecule has 1 N–H and O–H groups in total. The molecule has 0 bridgehead atoms. The summed E-state index contributed by atoms with van der Waals surface area (Å²) < 4.78 is 9.64. The second-order valence-electron chi connectivity index (χ2n) is 3.19. The van der Waals surface area contributed by atoms with E-state index in [2.05, 4.69) is 10.1 Å². The van der Waals surface area contributed by atoms with E-state index in [1.807, 2.05) is 0 Å². The van der Waals surface area contributed by atoms with Gasteiger partial charge in [-0.05, 0) is 13.8 Å². The predicted molar refractivity (Wildman–Crippen MR) is 54.2 cm³/mol. The van der Waals surface area contributed by atoms with Gasteiger partial charge in [0.2, 0.25) is 0 Å². The van der Waals surface area contributed by atoms with Crippen molar-refractivity contribution in [1.82, 2.24) is 10.1 Å². The molecule has 0 aromatic carbocycles. The molecule has 2 aromatic rings. The Hall–Kier alpha value is -2.11. The van der Waals surface area contributed by atoms with Gasteiger partial charge in [0.05, 0.1) is 12.3 Å². The van der Waals surface area contributed by atoms with Crippen molar-refractivity contribution in [1.29, 1.82) is 0 Å². The van der Waals surface area contributed by atoms with E-state index in [4.69, 9.17) is 9.26 Å². The van der Waals surface area contributed by atoms with Crippen molar-refractivity contribution in [2.24, 2.45) is 0 Å². The van der Waals surface area contributed by atoms with E-state index < -0.39 is 5.97 Å². The molecule has 2 heterocycles. The fourth-order valence-corrected chi connectivity index (χ4v) is 1.40. The number of aryl methyl sites for hydroxylation is 1. The fourth-order valence-electron chi connectivity index (χ4n) is 1.40. The van der Waals surface area contributed by atoms with Crippen LogP contribution in [-0.4, -0.2) is 27.8 Å². The van der Waals surface area contributed by atoms with Gasteiger partial charge >= 0.3 is 5.97 Å². The number of rotatable bonds is 2. The summed E-state index contributed by atoms with van der Waals surface area (Å²) in [6, 6.07) is 0. The van der Waals surface area contributed by atoms with Gasteiger partial charge in [-0.3, -0.25) is 0 Å². The summed E-state index contributed by atoms with van der Waals surface area (Å²) in [6.07, 6.45) is 1.21. The number of nitrogens with zero attached hydrogens (tertiary/aromatic N) is 2. The minimum absolute atomic E-state index is 0.0145. The number of pyridine rings is 1. The van der Waals surface area contributed by atoms with Crippen LogP contribution < -0.4 is 0 Å². The maximum atomic E-state index is 11.5. The first-order valence-electron chi connectivity index (χ1n) is 4.76. The minimum Gasteiger partial charge on any atom is -0.506 e. The largest absolute Gasteiger partial charge is 0.506 e. The zero-order valence-electron chi connectivity index (χ0n) is 8.85. The van der Waals surface area contributed by atoms with Crippen LogP contribution in [0.2, 0.25) is 0 Å².